The number of ketones is 1. The van der Waals surface area contributed by atoms with Gasteiger partial charge in [0.05, 0.1) is 5.56 Å². The van der Waals surface area contributed by atoms with Crippen molar-refractivity contribution in [2.75, 3.05) is 0 Å². The Morgan fingerprint density at radius 2 is 1.94 bits per heavy atom. The first-order chi connectivity index (χ1) is 16.1. The number of oxime groups is 1. The fraction of sp³-hybridized carbons (Fsp3) is 0.393. The van der Waals surface area contributed by atoms with Crippen molar-refractivity contribution in [2.24, 2.45) is 11.1 Å². The number of rotatable bonds is 11. The van der Waals surface area contributed by atoms with Gasteiger partial charge in [0.2, 0.25) is 5.78 Å². The Kier molecular flexibility index (Phi) is 9.95. The maximum atomic E-state index is 13.2. The average molecular weight is 464 g/mol. The van der Waals surface area contributed by atoms with E-state index in [1.54, 1.807) is 24.3 Å². The van der Waals surface area contributed by atoms with E-state index in [1.807, 2.05) is 30.0 Å². The summed E-state index contributed by atoms with van der Waals surface area (Å²) in [5, 5.41) is 4.34. The third-order valence-electron chi connectivity index (χ3n) is 5.76. The molecule has 0 saturated heterocycles. The number of allylic oxidation sites excluding steroid dienone is 7. The Morgan fingerprint density at radius 1 is 1.12 bits per heavy atom. The molecule has 4 nitrogen and oxygen atoms in total. The first-order valence-electron chi connectivity index (χ1n) is 11.9. The molecule has 0 heterocycles. The number of thioether (sulfide) groups is 1. The number of carbonyl (C=O) groups is 2. The second kappa shape index (κ2) is 13.1. The summed E-state index contributed by atoms with van der Waals surface area (Å²) in [5.41, 5.74) is 1.35. The van der Waals surface area contributed by atoms with Crippen LogP contribution in [-0.4, -0.2) is 22.7 Å². The van der Waals surface area contributed by atoms with Crippen LogP contribution in [0.5, 0.6) is 0 Å². The van der Waals surface area contributed by atoms with Gasteiger partial charge >= 0.3 is 5.97 Å². The Balaban J connectivity index is 1.64. The second-order valence-corrected chi connectivity index (χ2v) is 9.78. The second-order valence-electron chi connectivity index (χ2n) is 8.47. The van der Waals surface area contributed by atoms with Crippen molar-refractivity contribution in [3.8, 4) is 0 Å². The molecule has 0 saturated carbocycles. The Hall–Kier alpha value is -2.66. The first kappa shape index (κ1) is 25.0. The van der Waals surface area contributed by atoms with Crippen molar-refractivity contribution in [1.82, 2.24) is 0 Å². The fourth-order valence-corrected chi connectivity index (χ4v) is 4.91. The van der Waals surface area contributed by atoms with E-state index in [2.05, 4.69) is 43.3 Å². The van der Waals surface area contributed by atoms with E-state index in [4.69, 9.17) is 4.84 Å². The summed E-state index contributed by atoms with van der Waals surface area (Å²) in [4.78, 5) is 32.0. The molecule has 2 unspecified atom stereocenters. The van der Waals surface area contributed by atoms with Gasteiger partial charge in [0.25, 0.3) is 0 Å². The smallest absolute Gasteiger partial charge is 0.312 e. The van der Waals surface area contributed by atoms with Crippen molar-refractivity contribution in [3.05, 3.63) is 82.8 Å². The lowest BCUT2D eigenvalue weighted by atomic mass is 9.97. The number of carbonyl (C=O) groups excluding carboxylic acids is 2. The summed E-state index contributed by atoms with van der Waals surface area (Å²) in [6.45, 7) is 4.39. The molecule has 0 spiro atoms. The van der Waals surface area contributed by atoms with Gasteiger partial charge in [-0.25, -0.2) is 4.79 Å². The van der Waals surface area contributed by atoms with Crippen molar-refractivity contribution >= 4 is 29.2 Å². The minimum absolute atomic E-state index is 0.153. The number of hydrogen-bond acceptors (Lipinski definition) is 5. The SMILES string of the molecule is CCCCCC/C(=N/OC(=O)c1ccccc1)C(=O)C1=CCC(SC2=CC=CCC2C)C=C1. The molecule has 3 rings (SSSR count). The molecule has 1 aromatic carbocycles. The highest BCUT2D eigenvalue weighted by molar-refractivity contribution is 8.03. The van der Waals surface area contributed by atoms with Crippen molar-refractivity contribution in [3.63, 3.8) is 0 Å². The van der Waals surface area contributed by atoms with E-state index in [0.29, 0.717) is 34.4 Å². The zero-order valence-corrected chi connectivity index (χ0v) is 20.4. The van der Waals surface area contributed by atoms with Gasteiger partial charge in [-0.15, -0.1) is 11.8 Å². The summed E-state index contributed by atoms with van der Waals surface area (Å²) < 4.78 is 0. The molecule has 174 valence electrons. The van der Waals surface area contributed by atoms with Gasteiger partial charge in [-0.2, -0.15) is 0 Å². The maximum Gasteiger partial charge on any atom is 0.365 e. The summed E-state index contributed by atoms with van der Waals surface area (Å²) in [6.07, 6.45) is 19.0. The van der Waals surface area contributed by atoms with Crippen molar-refractivity contribution in [2.45, 2.75) is 64.0 Å². The highest BCUT2D eigenvalue weighted by Gasteiger charge is 2.22. The highest BCUT2D eigenvalue weighted by atomic mass is 32.2. The summed E-state index contributed by atoms with van der Waals surface area (Å²) in [7, 11) is 0. The molecule has 0 fully saturated rings. The van der Waals surface area contributed by atoms with E-state index < -0.39 is 5.97 Å². The van der Waals surface area contributed by atoms with Gasteiger partial charge in [-0.05, 0) is 48.6 Å². The van der Waals surface area contributed by atoms with Crippen LogP contribution in [0.15, 0.2) is 82.4 Å². The molecular weight excluding hydrogens is 430 g/mol. The van der Waals surface area contributed by atoms with Crippen molar-refractivity contribution in [1.29, 1.82) is 0 Å². The topological polar surface area (TPSA) is 55.7 Å². The molecule has 0 aliphatic heterocycles. The van der Waals surface area contributed by atoms with Crippen LogP contribution in [0.1, 0.15) is 69.2 Å². The maximum absolute atomic E-state index is 13.2. The molecule has 1 aromatic rings. The van der Waals surface area contributed by atoms with Gasteiger partial charge in [0.15, 0.2) is 0 Å². The predicted molar refractivity (Wildman–Crippen MR) is 137 cm³/mol. The van der Waals surface area contributed by atoms with E-state index >= 15 is 0 Å². The van der Waals surface area contributed by atoms with Crippen LogP contribution in [0.4, 0.5) is 0 Å². The quantitative estimate of drug-likeness (QED) is 0.151. The summed E-state index contributed by atoms with van der Waals surface area (Å²) in [5.74, 6) is -0.162. The number of unbranched alkanes of at least 4 members (excludes halogenated alkanes) is 3. The minimum atomic E-state index is -0.553. The molecular formula is C28H33NO3S. The van der Waals surface area contributed by atoms with Gasteiger partial charge in [0.1, 0.15) is 5.71 Å². The molecule has 2 aliphatic rings. The average Bonchev–Trinajstić information content (AvgIpc) is 2.85. The monoisotopic (exact) mass is 463 g/mol. The molecule has 0 radical (unpaired) electrons. The van der Waals surface area contributed by atoms with E-state index in [-0.39, 0.29) is 5.78 Å². The van der Waals surface area contributed by atoms with E-state index in [1.165, 1.54) is 4.91 Å². The van der Waals surface area contributed by atoms with Crippen LogP contribution in [0, 0.1) is 5.92 Å². The standard InChI is InChI=1S/C28H33NO3S/c1-3-4-5-9-15-25(29-32-28(31)23-13-7-6-8-14-23)27(30)22-17-19-24(20-18-22)33-26-16-11-10-12-21(26)2/h6-8,10-11,13-14,16-19,21,24H,3-5,9,12,15,20H2,1-2H3/b29-25-. The Labute approximate surface area is 201 Å². The van der Waals surface area contributed by atoms with Crippen LogP contribution >= 0.6 is 11.8 Å². The highest BCUT2D eigenvalue weighted by Crippen LogP contribution is 2.36. The van der Waals surface area contributed by atoms with Crippen LogP contribution in [-0.2, 0) is 9.63 Å². The zero-order valence-electron chi connectivity index (χ0n) is 19.5. The van der Waals surface area contributed by atoms with Gasteiger partial charge in [-0.1, -0.05) is 92.9 Å². The number of benzene rings is 1. The van der Waals surface area contributed by atoms with Crippen LogP contribution in [0.2, 0.25) is 0 Å². The Bertz CT molecular complexity index is 972. The zero-order chi connectivity index (χ0) is 23.5. The third-order valence-corrected chi connectivity index (χ3v) is 7.22. The molecule has 0 aromatic heterocycles. The van der Waals surface area contributed by atoms with Crippen molar-refractivity contribution < 1.29 is 14.4 Å². The lowest BCUT2D eigenvalue weighted by molar-refractivity contribution is -0.109. The van der Waals surface area contributed by atoms with Crippen LogP contribution in [0.25, 0.3) is 0 Å². The van der Waals surface area contributed by atoms with Gasteiger partial charge in [0, 0.05) is 10.8 Å². The van der Waals surface area contributed by atoms with E-state index in [9.17, 15) is 9.59 Å². The molecule has 33 heavy (non-hydrogen) atoms. The number of hydrogen-bond donors (Lipinski definition) is 0. The lowest BCUT2D eigenvalue weighted by Crippen LogP contribution is -2.19. The largest absolute Gasteiger partial charge is 0.365 e. The molecule has 0 amide bonds. The fourth-order valence-electron chi connectivity index (χ4n) is 3.72. The minimum Gasteiger partial charge on any atom is -0.312 e. The molecule has 0 bridgehead atoms. The Morgan fingerprint density at radius 3 is 2.64 bits per heavy atom. The lowest BCUT2D eigenvalue weighted by Gasteiger charge is -2.22. The summed E-state index contributed by atoms with van der Waals surface area (Å²) in [6, 6.07) is 8.71. The van der Waals surface area contributed by atoms with Crippen LogP contribution in [0.3, 0.4) is 0 Å². The van der Waals surface area contributed by atoms with Gasteiger partial charge in [-0.3, -0.25) is 4.79 Å². The first-order valence-corrected chi connectivity index (χ1v) is 12.8. The van der Waals surface area contributed by atoms with Crippen LogP contribution < -0.4 is 0 Å². The number of nitrogens with zero attached hydrogens (tertiary/aromatic N) is 1. The molecule has 2 atom stereocenters. The number of Topliss-reactive ketones (excluding diaryl/α,β-unsaturated/α-hetero) is 1. The normalized spacial score (nSPS) is 20.2. The third kappa shape index (κ3) is 7.71. The predicted octanol–water partition coefficient (Wildman–Crippen LogP) is 7.21. The van der Waals surface area contributed by atoms with Gasteiger partial charge < -0.3 is 4.84 Å². The van der Waals surface area contributed by atoms with E-state index in [0.717, 1.165) is 38.5 Å². The molecule has 2 aliphatic carbocycles. The molecule has 0 N–H and O–H groups in total. The molecule has 5 heteroatoms. The summed E-state index contributed by atoms with van der Waals surface area (Å²) >= 11 is 1.87.